The van der Waals surface area contributed by atoms with Gasteiger partial charge in [0.05, 0.1) is 10.7 Å². The zero-order valence-corrected chi connectivity index (χ0v) is 14.5. The molecule has 0 unspecified atom stereocenters. The lowest BCUT2D eigenvalue weighted by Crippen LogP contribution is -2.01. The third kappa shape index (κ3) is 4.70. The van der Waals surface area contributed by atoms with Crippen molar-refractivity contribution in [1.29, 1.82) is 0 Å². The van der Waals surface area contributed by atoms with Gasteiger partial charge in [-0.05, 0) is 37.5 Å². The molecular formula is C15H17Cl2N3S. The van der Waals surface area contributed by atoms with Crippen LogP contribution in [0.1, 0.15) is 27.2 Å². The summed E-state index contributed by atoms with van der Waals surface area (Å²) in [5.41, 5.74) is 5.75. The fourth-order valence-electron chi connectivity index (χ4n) is 1.93. The summed E-state index contributed by atoms with van der Waals surface area (Å²) >= 11 is 13.6. The molecule has 0 saturated heterocycles. The second-order valence-electron chi connectivity index (χ2n) is 5.22. The predicted octanol–water partition coefficient (Wildman–Crippen LogP) is 5.95. The largest absolute Gasteiger partial charge is 0.253 e. The molecule has 1 N–H and O–H groups in total. The third-order valence-electron chi connectivity index (χ3n) is 2.76. The monoisotopic (exact) mass is 341 g/mol. The zero-order valence-electron chi connectivity index (χ0n) is 12.2. The summed E-state index contributed by atoms with van der Waals surface area (Å²) in [6.45, 7) is 6.35. The van der Waals surface area contributed by atoms with Crippen molar-refractivity contribution in [3.05, 3.63) is 33.6 Å². The van der Waals surface area contributed by atoms with Crippen LogP contribution in [0.15, 0.2) is 28.7 Å². The Hall–Kier alpha value is -1.10. The molecule has 0 fully saturated rings. The first-order valence-corrected chi connectivity index (χ1v) is 8.29. The number of halogens is 2. The Morgan fingerprint density at radius 2 is 2.14 bits per heavy atom. The fraction of sp³-hybridized carbons (Fsp3) is 0.333. The maximum Gasteiger partial charge on any atom is 0.203 e. The average Bonchev–Trinajstić information content (AvgIpc) is 2.84. The standard InChI is InChI=1S/C15H17Cl2N3S/c1-9(2)6-10(3)19-20-15-18-14(8-21-15)12-5-4-11(16)7-13(12)17/h4-5,7-9H,6H2,1-3H3,(H,18,20)/b19-10+. The molecule has 1 heterocycles. The minimum absolute atomic E-state index is 0.593. The van der Waals surface area contributed by atoms with Crippen LogP contribution >= 0.6 is 34.5 Å². The quantitative estimate of drug-likeness (QED) is 0.538. The van der Waals surface area contributed by atoms with Gasteiger partial charge in [0.1, 0.15) is 0 Å². The average molecular weight is 342 g/mol. The van der Waals surface area contributed by atoms with Crippen LogP contribution < -0.4 is 5.43 Å². The van der Waals surface area contributed by atoms with Gasteiger partial charge in [0, 0.05) is 21.7 Å². The summed E-state index contributed by atoms with van der Waals surface area (Å²) in [5.74, 6) is 0.593. The van der Waals surface area contributed by atoms with Crippen LogP contribution in [-0.4, -0.2) is 10.7 Å². The van der Waals surface area contributed by atoms with Gasteiger partial charge in [-0.25, -0.2) is 4.98 Å². The van der Waals surface area contributed by atoms with E-state index in [1.165, 1.54) is 11.3 Å². The van der Waals surface area contributed by atoms with Gasteiger partial charge in [0.25, 0.3) is 0 Å². The second kappa shape index (κ2) is 7.25. The highest BCUT2D eigenvalue weighted by Crippen LogP contribution is 2.32. The van der Waals surface area contributed by atoms with Gasteiger partial charge in [-0.1, -0.05) is 37.0 Å². The summed E-state index contributed by atoms with van der Waals surface area (Å²) in [6, 6.07) is 5.40. The Kier molecular flexibility index (Phi) is 5.62. The minimum Gasteiger partial charge on any atom is -0.253 e. The molecule has 0 bridgehead atoms. The maximum absolute atomic E-state index is 6.19. The Morgan fingerprint density at radius 1 is 1.38 bits per heavy atom. The Labute approximate surface area is 139 Å². The first-order valence-electron chi connectivity index (χ1n) is 6.66. The van der Waals surface area contributed by atoms with E-state index in [2.05, 4.69) is 29.4 Å². The van der Waals surface area contributed by atoms with Gasteiger partial charge in [-0.3, -0.25) is 5.43 Å². The molecule has 2 aromatic rings. The van der Waals surface area contributed by atoms with Crippen molar-refractivity contribution >= 4 is 45.4 Å². The van der Waals surface area contributed by atoms with E-state index in [0.29, 0.717) is 16.0 Å². The fourth-order valence-corrected chi connectivity index (χ4v) is 3.08. The van der Waals surface area contributed by atoms with Gasteiger partial charge in [0.2, 0.25) is 5.13 Å². The first kappa shape index (κ1) is 16.3. The van der Waals surface area contributed by atoms with Crippen molar-refractivity contribution in [3.63, 3.8) is 0 Å². The summed E-state index contributed by atoms with van der Waals surface area (Å²) in [6.07, 6.45) is 0.967. The Balaban J connectivity index is 2.11. The molecule has 0 amide bonds. The highest BCUT2D eigenvalue weighted by atomic mass is 35.5. The number of aromatic nitrogens is 1. The molecule has 2 rings (SSSR count). The van der Waals surface area contributed by atoms with Gasteiger partial charge in [0.15, 0.2) is 0 Å². The molecule has 0 aliphatic carbocycles. The molecule has 1 aromatic carbocycles. The number of nitrogens with one attached hydrogen (secondary N) is 1. The first-order chi connectivity index (χ1) is 9.95. The van der Waals surface area contributed by atoms with Crippen LogP contribution in [0, 0.1) is 5.92 Å². The topological polar surface area (TPSA) is 37.3 Å². The minimum atomic E-state index is 0.593. The maximum atomic E-state index is 6.19. The second-order valence-corrected chi connectivity index (χ2v) is 6.92. The van der Waals surface area contributed by atoms with E-state index in [-0.39, 0.29) is 0 Å². The van der Waals surface area contributed by atoms with Crippen LogP contribution in [0.2, 0.25) is 10.0 Å². The molecular weight excluding hydrogens is 325 g/mol. The van der Waals surface area contributed by atoms with E-state index in [1.54, 1.807) is 12.1 Å². The molecule has 0 atom stereocenters. The van der Waals surface area contributed by atoms with E-state index in [9.17, 15) is 0 Å². The number of hydrogen-bond acceptors (Lipinski definition) is 4. The van der Waals surface area contributed by atoms with Crippen molar-refractivity contribution in [2.45, 2.75) is 27.2 Å². The van der Waals surface area contributed by atoms with Crippen molar-refractivity contribution in [2.75, 3.05) is 5.43 Å². The number of hydrogen-bond donors (Lipinski definition) is 1. The number of nitrogens with zero attached hydrogens (tertiary/aromatic N) is 2. The Bertz CT molecular complexity index is 650. The lowest BCUT2D eigenvalue weighted by Gasteiger charge is -2.03. The van der Waals surface area contributed by atoms with Gasteiger partial charge in [-0.2, -0.15) is 5.10 Å². The van der Waals surface area contributed by atoms with Gasteiger partial charge < -0.3 is 0 Å². The summed E-state index contributed by atoms with van der Waals surface area (Å²) in [7, 11) is 0. The molecule has 0 spiro atoms. The van der Waals surface area contributed by atoms with Crippen LogP contribution in [0.3, 0.4) is 0 Å². The van der Waals surface area contributed by atoms with Crippen molar-refractivity contribution in [1.82, 2.24) is 4.98 Å². The zero-order chi connectivity index (χ0) is 15.4. The Morgan fingerprint density at radius 3 is 2.81 bits per heavy atom. The van der Waals surface area contributed by atoms with E-state index >= 15 is 0 Å². The van der Waals surface area contributed by atoms with Crippen LogP contribution in [0.4, 0.5) is 5.13 Å². The summed E-state index contributed by atoms with van der Waals surface area (Å²) in [5, 5.41) is 8.25. The van der Waals surface area contributed by atoms with Crippen LogP contribution in [0.25, 0.3) is 11.3 Å². The van der Waals surface area contributed by atoms with Gasteiger partial charge >= 0.3 is 0 Å². The third-order valence-corrected chi connectivity index (χ3v) is 4.05. The molecule has 21 heavy (non-hydrogen) atoms. The lowest BCUT2D eigenvalue weighted by molar-refractivity contribution is 0.682. The summed E-state index contributed by atoms with van der Waals surface area (Å²) in [4.78, 5) is 4.49. The molecule has 0 radical (unpaired) electrons. The number of anilines is 1. The van der Waals surface area contributed by atoms with Crippen LogP contribution in [0.5, 0.6) is 0 Å². The van der Waals surface area contributed by atoms with Crippen molar-refractivity contribution in [3.8, 4) is 11.3 Å². The SMILES string of the molecule is C/C(CC(C)C)=N\Nc1nc(-c2ccc(Cl)cc2Cl)cs1. The van der Waals surface area contributed by atoms with E-state index in [4.69, 9.17) is 23.2 Å². The van der Waals surface area contributed by atoms with Crippen LogP contribution in [-0.2, 0) is 0 Å². The van der Waals surface area contributed by atoms with Crippen molar-refractivity contribution in [2.24, 2.45) is 11.0 Å². The lowest BCUT2D eigenvalue weighted by atomic mass is 10.1. The van der Waals surface area contributed by atoms with Gasteiger partial charge in [-0.15, -0.1) is 11.3 Å². The molecule has 1 aromatic heterocycles. The number of benzene rings is 1. The number of thiazole rings is 1. The van der Waals surface area contributed by atoms with Crippen molar-refractivity contribution < 1.29 is 0 Å². The summed E-state index contributed by atoms with van der Waals surface area (Å²) < 4.78 is 0. The molecule has 3 nitrogen and oxygen atoms in total. The van der Waals surface area contributed by atoms with E-state index in [0.717, 1.165) is 28.5 Å². The van der Waals surface area contributed by atoms with E-state index < -0.39 is 0 Å². The molecule has 0 aliphatic rings. The predicted molar refractivity (Wildman–Crippen MR) is 93.8 cm³/mol. The molecule has 6 heteroatoms. The van der Waals surface area contributed by atoms with E-state index in [1.807, 2.05) is 18.4 Å². The molecule has 0 aliphatic heterocycles. The molecule has 0 saturated carbocycles. The molecule has 112 valence electrons. The number of hydrazone groups is 1. The smallest absolute Gasteiger partial charge is 0.203 e. The highest BCUT2D eigenvalue weighted by molar-refractivity contribution is 7.14. The number of rotatable bonds is 5. The normalized spacial score (nSPS) is 12.0. The highest BCUT2D eigenvalue weighted by Gasteiger charge is 2.08.